The molecule has 0 spiro atoms. The summed E-state index contributed by atoms with van der Waals surface area (Å²) in [6, 6.07) is 0.442. The predicted octanol–water partition coefficient (Wildman–Crippen LogP) is 2.97. The molecule has 92 valence electrons. The largest absolute Gasteiger partial charge is 0.353 e. The molecule has 0 aromatic heterocycles. The summed E-state index contributed by atoms with van der Waals surface area (Å²) in [5, 5.41) is 3.30. The third-order valence-electron chi connectivity index (χ3n) is 4.30. The van der Waals surface area contributed by atoms with Crippen LogP contribution in [0.1, 0.15) is 52.9 Å². The Labute approximate surface area is 99.2 Å². The molecule has 2 rings (SSSR count). The monoisotopic (exact) mass is 223 g/mol. The lowest BCUT2D eigenvalue weighted by atomic mass is 9.74. The first-order valence-corrected chi connectivity index (χ1v) is 6.88. The van der Waals surface area contributed by atoms with Gasteiger partial charge in [0.15, 0.2) is 0 Å². The van der Waals surface area contributed by atoms with Gasteiger partial charge < -0.3 is 5.32 Å². The molecule has 0 saturated heterocycles. The Balaban J connectivity index is 1.93. The van der Waals surface area contributed by atoms with E-state index in [1.165, 1.54) is 19.3 Å². The lowest BCUT2D eigenvalue weighted by Crippen LogP contribution is -2.46. The first kappa shape index (κ1) is 11.9. The molecule has 2 saturated carbocycles. The minimum atomic E-state index is 0.324. The van der Waals surface area contributed by atoms with Crippen molar-refractivity contribution in [1.82, 2.24) is 5.32 Å². The second-order valence-corrected chi connectivity index (χ2v) is 6.22. The maximum absolute atomic E-state index is 11.8. The molecular weight excluding hydrogens is 198 g/mol. The summed E-state index contributed by atoms with van der Waals surface area (Å²) in [7, 11) is 0. The summed E-state index contributed by atoms with van der Waals surface area (Å²) < 4.78 is 0. The van der Waals surface area contributed by atoms with E-state index in [4.69, 9.17) is 0 Å². The Morgan fingerprint density at radius 1 is 1.19 bits per heavy atom. The van der Waals surface area contributed by atoms with Crippen molar-refractivity contribution in [3.63, 3.8) is 0 Å². The smallest absolute Gasteiger partial charge is 0.223 e. The highest BCUT2D eigenvalue weighted by Gasteiger charge is 2.35. The van der Waals surface area contributed by atoms with Crippen LogP contribution in [-0.2, 0) is 4.79 Å². The van der Waals surface area contributed by atoms with Gasteiger partial charge in [-0.15, -0.1) is 0 Å². The Bertz CT molecular complexity index is 257. The van der Waals surface area contributed by atoms with E-state index in [0.29, 0.717) is 29.7 Å². The van der Waals surface area contributed by atoms with Crippen LogP contribution >= 0.6 is 0 Å². The summed E-state index contributed by atoms with van der Waals surface area (Å²) in [6.45, 7) is 6.89. The fraction of sp³-hybridized carbons (Fsp3) is 0.929. The average Bonchev–Trinajstić information content (AvgIpc) is 2.99. The van der Waals surface area contributed by atoms with Gasteiger partial charge in [0.25, 0.3) is 0 Å². The molecule has 16 heavy (non-hydrogen) atoms. The fourth-order valence-corrected chi connectivity index (χ4v) is 3.01. The molecule has 2 fully saturated rings. The molecule has 0 radical (unpaired) electrons. The van der Waals surface area contributed by atoms with Crippen molar-refractivity contribution in [2.24, 2.45) is 23.7 Å². The second kappa shape index (κ2) is 4.77. The summed E-state index contributed by atoms with van der Waals surface area (Å²) in [5.41, 5.74) is 0. The van der Waals surface area contributed by atoms with Gasteiger partial charge in [-0.3, -0.25) is 4.79 Å². The summed E-state index contributed by atoms with van der Waals surface area (Å²) in [6.07, 6.45) is 6.02. The van der Waals surface area contributed by atoms with Gasteiger partial charge in [-0.05, 0) is 43.4 Å². The van der Waals surface area contributed by atoms with Gasteiger partial charge in [-0.2, -0.15) is 0 Å². The maximum atomic E-state index is 11.8. The zero-order valence-corrected chi connectivity index (χ0v) is 10.8. The fourth-order valence-electron chi connectivity index (χ4n) is 3.01. The van der Waals surface area contributed by atoms with E-state index in [1.54, 1.807) is 0 Å². The van der Waals surface area contributed by atoms with Gasteiger partial charge in [-0.25, -0.2) is 0 Å². The highest BCUT2D eigenvalue weighted by Crippen LogP contribution is 2.35. The summed E-state index contributed by atoms with van der Waals surface area (Å²) in [4.78, 5) is 11.8. The van der Waals surface area contributed by atoms with E-state index in [2.05, 4.69) is 26.1 Å². The van der Waals surface area contributed by atoms with Crippen molar-refractivity contribution >= 4 is 5.91 Å². The lowest BCUT2D eigenvalue weighted by molar-refractivity contribution is -0.123. The van der Waals surface area contributed by atoms with E-state index < -0.39 is 0 Å². The lowest BCUT2D eigenvalue weighted by Gasteiger charge is -2.37. The number of amides is 1. The molecule has 1 N–H and O–H groups in total. The van der Waals surface area contributed by atoms with Crippen LogP contribution in [-0.4, -0.2) is 11.9 Å². The number of hydrogen-bond donors (Lipinski definition) is 1. The number of carbonyl (C=O) groups is 1. The van der Waals surface area contributed by atoms with Crippen LogP contribution in [0.25, 0.3) is 0 Å². The van der Waals surface area contributed by atoms with E-state index in [-0.39, 0.29) is 0 Å². The number of nitrogens with one attached hydrogen (secondary N) is 1. The second-order valence-electron chi connectivity index (χ2n) is 6.22. The van der Waals surface area contributed by atoms with Crippen molar-refractivity contribution in [1.29, 1.82) is 0 Å². The van der Waals surface area contributed by atoms with E-state index in [0.717, 1.165) is 18.8 Å². The Hall–Kier alpha value is -0.530. The molecule has 2 nitrogen and oxygen atoms in total. The van der Waals surface area contributed by atoms with Crippen molar-refractivity contribution in [3.05, 3.63) is 0 Å². The Morgan fingerprint density at radius 2 is 1.88 bits per heavy atom. The van der Waals surface area contributed by atoms with E-state index >= 15 is 0 Å². The van der Waals surface area contributed by atoms with Crippen LogP contribution in [0.4, 0.5) is 0 Å². The maximum Gasteiger partial charge on any atom is 0.223 e. The zero-order chi connectivity index (χ0) is 11.7. The molecule has 3 atom stereocenters. The third kappa shape index (κ3) is 2.78. The molecule has 0 unspecified atom stereocenters. The minimum absolute atomic E-state index is 0.324. The molecule has 0 heterocycles. The first-order chi connectivity index (χ1) is 7.58. The third-order valence-corrected chi connectivity index (χ3v) is 4.30. The first-order valence-electron chi connectivity index (χ1n) is 6.88. The van der Waals surface area contributed by atoms with Gasteiger partial charge in [-0.1, -0.05) is 27.2 Å². The molecule has 0 aromatic carbocycles. The summed E-state index contributed by atoms with van der Waals surface area (Å²) in [5.74, 6) is 2.84. The van der Waals surface area contributed by atoms with Crippen LogP contribution in [0, 0.1) is 23.7 Å². The van der Waals surface area contributed by atoms with Gasteiger partial charge in [0.05, 0.1) is 0 Å². The van der Waals surface area contributed by atoms with Crippen molar-refractivity contribution in [2.45, 2.75) is 58.9 Å². The molecule has 0 aromatic rings. The van der Waals surface area contributed by atoms with Crippen LogP contribution in [0.15, 0.2) is 0 Å². The number of hydrogen-bond acceptors (Lipinski definition) is 1. The zero-order valence-electron chi connectivity index (χ0n) is 10.8. The molecule has 0 aliphatic heterocycles. The summed E-state index contributed by atoms with van der Waals surface area (Å²) >= 11 is 0. The molecule has 2 aliphatic rings. The van der Waals surface area contributed by atoms with Crippen LogP contribution in [0.3, 0.4) is 0 Å². The van der Waals surface area contributed by atoms with E-state index in [1.807, 2.05) is 0 Å². The quantitative estimate of drug-likeness (QED) is 0.783. The Morgan fingerprint density at radius 3 is 2.44 bits per heavy atom. The van der Waals surface area contributed by atoms with Crippen LogP contribution in [0.5, 0.6) is 0 Å². The van der Waals surface area contributed by atoms with E-state index in [9.17, 15) is 4.79 Å². The van der Waals surface area contributed by atoms with Gasteiger partial charge in [0.1, 0.15) is 0 Å². The number of carbonyl (C=O) groups excluding carboxylic acids is 1. The standard InChI is InChI=1S/C14H25NO/c1-9(2)12-7-4-10(3)8-13(12)15-14(16)11-5-6-11/h9-13H,4-8H2,1-3H3,(H,15,16)/t10-,12+,13-/m0/s1. The van der Waals surface area contributed by atoms with Crippen LogP contribution in [0.2, 0.25) is 0 Å². The SMILES string of the molecule is CC(C)[C@H]1CC[C@H](C)C[C@@H]1NC(=O)C1CC1. The highest BCUT2D eigenvalue weighted by atomic mass is 16.2. The molecule has 1 amide bonds. The average molecular weight is 223 g/mol. The minimum Gasteiger partial charge on any atom is -0.353 e. The van der Waals surface area contributed by atoms with Gasteiger partial charge >= 0.3 is 0 Å². The van der Waals surface area contributed by atoms with Gasteiger partial charge in [0, 0.05) is 12.0 Å². The predicted molar refractivity (Wildman–Crippen MR) is 66.0 cm³/mol. The van der Waals surface area contributed by atoms with Gasteiger partial charge in [0.2, 0.25) is 5.91 Å². The van der Waals surface area contributed by atoms with Crippen molar-refractivity contribution < 1.29 is 4.79 Å². The van der Waals surface area contributed by atoms with Crippen molar-refractivity contribution in [2.75, 3.05) is 0 Å². The number of rotatable bonds is 3. The highest BCUT2D eigenvalue weighted by molar-refractivity contribution is 5.81. The topological polar surface area (TPSA) is 29.1 Å². The van der Waals surface area contributed by atoms with Crippen molar-refractivity contribution in [3.8, 4) is 0 Å². The Kier molecular flexibility index (Phi) is 3.56. The molecule has 0 bridgehead atoms. The normalized spacial score (nSPS) is 35.1. The molecule has 2 heteroatoms. The molecule has 2 aliphatic carbocycles. The van der Waals surface area contributed by atoms with Crippen LogP contribution < -0.4 is 5.32 Å². The molecular formula is C14H25NO.